The van der Waals surface area contributed by atoms with Crippen LogP contribution in [0.3, 0.4) is 0 Å². The molecule has 3 rings (SSSR count). The van der Waals surface area contributed by atoms with Crippen molar-refractivity contribution in [2.45, 2.75) is 19.9 Å². The summed E-state index contributed by atoms with van der Waals surface area (Å²) in [7, 11) is 1.77. The maximum Gasteiger partial charge on any atom is 0.250 e. The van der Waals surface area contributed by atoms with Crippen molar-refractivity contribution in [3.05, 3.63) is 65.3 Å². The predicted octanol–water partition coefficient (Wildman–Crippen LogP) is 3.50. The third kappa shape index (κ3) is 2.60. The van der Waals surface area contributed by atoms with Crippen LogP contribution in [0.1, 0.15) is 19.9 Å². The summed E-state index contributed by atoms with van der Waals surface area (Å²) in [6, 6.07) is 12.0. The SMILES string of the molecule is CC(C)n1cc(-c2cn(C)c(=O)cc2-c2ccccc2)cn1. The van der Waals surface area contributed by atoms with Gasteiger partial charge < -0.3 is 4.57 Å². The van der Waals surface area contributed by atoms with Crippen molar-refractivity contribution in [1.29, 1.82) is 0 Å². The Morgan fingerprint density at radius 2 is 1.73 bits per heavy atom. The molecule has 0 atom stereocenters. The smallest absolute Gasteiger partial charge is 0.250 e. The molecule has 0 saturated heterocycles. The first-order chi connectivity index (χ1) is 10.6. The highest BCUT2D eigenvalue weighted by molar-refractivity contribution is 5.82. The number of benzene rings is 1. The molecule has 0 spiro atoms. The fourth-order valence-corrected chi connectivity index (χ4v) is 2.48. The zero-order valence-electron chi connectivity index (χ0n) is 13.0. The molecule has 0 N–H and O–H groups in total. The highest BCUT2D eigenvalue weighted by Gasteiger charge is 2.12. The Morgan fingerprint density at radius 3 is 2.36 bits per heavy atom. The van der Waals surface area contributed by atoms with E-state index in [9.17, 15) is 4.79 Å². The summed E-state index contributed by atoms with van der Waals surface area (Å²) in [6.45, 7) is 4.19. The highest BCUT2D eigenvalue weighted by atomic mass is 16.1. The molecule has 0 unspecified atom stereocenters. The average Bonchev–Trinajstić information content (AvgIpc) is 3.00. The summed E-state index contributed by atoms with van der Waals surface area (Å²) >= 11 is 0. The van der Waals surface area contributed by atoms with Crippen molar-refractivity contribution >= 4 is 0 Å². The second-order valence-corrected chi connectivity index (χ2v) is 5.72. The summed E-state index contributed by atoms with van der Waals surface area (Å²) in [5.41, 5.74) is 3.99. The molecule has 0 bridgehead atoms. The van der Waals surface area contributed by atoms with Crippen LogP contribution in [0.4, 0.5) is 0 Å². The lowest BCUT2D eigenvalue weighted by Crippen LogP contribution is -2.15. The van der Waals surface area contributed by atoms with E-state index in [1.54, 1.807) is 17.7 Å². The highest BCUT2D eigenvalue weighted by Crippen LogP contribution is 2.30. The normalized spacial score (nSPS) is 11.1. The Hall–Kier alpha value is -2.62. The van der Waals surface area contributed by atoms with Crippen molar-refractivity contribution in [3.8, 4) is 22.3 Å². The lowest BCUT2D eigenvalue weighted by molar-refractivity contribution is 0.532. The number of rotatable bonds is 3. The van der Waals surface area contributed by atoms with E-state index >= 15 is 0 Å². The van der Waals surface area contributed by atoms with Crippen LogP contribution in [0.25, 0.3) is 22.3 Å². The Bertz CT molecular complexity index is 844. The molecule has 0 aliphatic carbocycles. The van der Waals surface area contributed by atoms with Gasteiger partial charge in [0.1, 0.15) is 0 Å². The van der Waals surface area contributed by atoms with Crippen LogP contribution in [0.2, 0.25) is 0 Å². The zero-order chi connectivity index (χ0) is 15.7. The molecule has 112 valence electrons. The average molecular weight is 293 g/mol. The molecule has 4 heteroatoms. The van der Waals surface area contributed by atoms with Gasteiger partial charge in [-0.2, -0.15) is 5.10 Å². The molecule has 0 aliphatic rings. The van der Waals surface area contributed by atoms with E-state index in [1.165, 1.54) is 0 Å². The molecule has 2 heterocycles. The summed E-state index contributed by atoms with van der Waals surface area (Å²) in [4.78, 5) is 12.1. The van der Waals surface area contributed by atoms with E-state index in [1.807, 2.05) is 53.6 Å². The Morgan fingerprint density at radius 1 is 1.00 bits per heavy atom. The summed E-state index contributed by atoms with van der Waals surface area (Å²) in [5, 5.41) is 4.41. The Kier molecular flexibility index (Phi) is 3.67. The maximum atomic E-state index is 12.1. The van der Waals surface area contributed by atoms with E-state index in [0.29, 0.717) is 6.04 Å². The minimum absolute atomic E-state index is 0.0149. The lowest BCUT2D eigenvalue weighted by Gasteiger charge is -2.10. The summed E-state index contributed by atoms with van der Waals surface area (Å²) in [6.07, 6.45) is 5.76. The van der Waals surface area contributed by atoms with E-state index in [0.717, 1.165) is 22.3 Å². The Labute approximate surface area is 129 Å². The molecule has 0 amide bonds. The molecule has 0 aliphatic heterocycles. The van der Waals surface area contributed by atoms with Gasteiger partial charge in [-0.05, 0) is 25.0 Å². The van der Waals surface area contributed by atoms with E-state index in [-0.39, 0.29) is 5.56 Å². The van der Waals surface area contributed by atoms with Crippen molar-refractivity contribution < 1.29 is 0 Å². The van der Waals surface area contributed by atoms with Gasteiger partial charge in [0.15, 0.2) is 0 Å². The maximum absolute atomic E-state index is 12.1. The van der Waals surface area contributed by atoms with Gasteiger partial charge in [-0.3, -0.25) is 9.48 Å². The largest absolute Gasteiger partial charge is 0.318 e. The third-order valence-electron chi connectivity index (χ3n) is 3.75. The van der Waals surface area contributed by atoms with E-state index in [4.69, 9.17) is 0 Å². The third-order valence-corrected chi connectivity index (χ3v) is 3.75. The first kappa shape index (κ1) is 14.3. The predicted molar refractivity (Wildman–Crippen MR) is 88.7 cm³/mol. The second-order valence-electron chi connectivity index (χ2n) is 5.72. The topological polar surface area (TPSA) is 39.8 Å². The van der Waals surface area contributed by atoms with Crippen LogP contribution < -0.4 is 5.56 Å². The standard InChI is InChI=1S/C18H19N3O/c1-13(2)21-11-15(10-19-21)17-12-20(3)18(22)9-16(17)14-7-5-4-6-8-14/h4-13H,1-3H3. The number of hydrogen-bond acceptors (Lipinski definition) is 2. The number of nitrogens with zero attached hydrogens (tertiary/aromatic N) is 3. The molecule has 0 fully saturated rings. The van der Waals surface area contributed by atoms with Crippen LogP contribution in [0.15, 0.2) is 59.8 Å². The van der Waals surface area contributed by atoms with E-state index < -0.39 is 0 Å². The fourth-order valence-electron chi connectivity index (χ4n) is 2.48. The molecule has 4 nitrogen and oxygen atoms in total. The lowest BCUT2D eigenvalue weighted by atomic mass is 9.98. The molecule has 1 aromatic carbocycles. The first-order valence-corrected chi connectivity index (χ1v) is 7.37. The zero-order valence-corrected chi connectivity index (χ0v) is 13.0. The summed E-state index contributed by atoms with van der Waals surface area (Å²) in [5.74, 6) is 0. The van der Waals surface area contributed by atoms with Gasteiger partial charge in [0.2, 0.25) is 0 Å². The monoisotopic (exact) mass is 293 g/mol. The minimum atomic E-state index is -0.0149. The van der Waals surface area contributed by atoms with Gasteiger partial charge in [-0.1, -0.05) is 30.3 Å². The molecule has 0 radical (unpaired) electrons. The molecule has 2 aromatic heterocycles. The summed E-state index contributed by atoms with van der Waals surface area (Å²) < 4.78 is 3.53. The molecular formula is C18H19N3O. The molecule has 0 saturated carbocycles. The van der Waals surface area contributed by atoms with Gasteiger partial charge in [0.25, 0.3) is 5.56 Å². The van der Waals surface area contributed by atoms with Gasteiger partial charge in [-0.15, -0.1) is 0 Å². The molecular weight excluding hydrogens is 274 g/mol. The molecule has 3 aromatic rings. The van der Waals surface area contributed by atoms with Crippen LogP contribution in [-0.2, 0) is 7.05 Å². The number of aromatic nitrogens is 3. The van der Waals surface area contributed by atoms with Crippen LogP contribution >= 0.6 is 0 Å². The number of aryl methyl sites for hydroxylation is 1. The second kappa shape index (κ2) is 5.64. The van der Waals surface area contributed by atoms with Crippen molar-refractivity contribution in [1.82, 2.24) is 14.3 Å². The first-order valence-electron chi connectivity index (χ1n) is 7.37. The van der Waals surface area contributed by atoms with Crippen LogP contribution in [0.5, 0.6) is 0 Å². The minimum Gasteiger partial charge on any atom is -0.318 e. The number of hydrogen-bond donors (Lipinski definition) is 0. The van der Waals surface area contributed by atoms with E-state index in [2.05, 4.69) is 18.9 Å². The Balaban J connectivity index is 2.21. The van der Waals surface area contributed by atoms with Gasteiger partial charge in [-0.25, -0.2) is 0 Å². The van der Waals surface area contributed by atoms with Crippen molar-refractivity contribution in [2.24, 2.45) is 7.05 Å². The van der Waals surface area contributed by atoms with Crippen molar-refractivity contribution in [2.75, 3.05) is 0 Å². The van der Waals surface area contributed by atoms with Crippen molar-refractivity contribution in [3.63, 3.8) is 0 Å². The fraction of sp³-hybridized carbons (Fsp3) is 0.222. The van der Waals surface area contributed by atoms with Crippen LogP contribution in [0, 0.1) is 0 Å². The molecule has 22 heavy (non-hydrogen) atoms. The van der Waals surface area contributed by atoms with Gasteiger partial charge >= 0.3 is 0 Å². The number of pyridine rings is 1. The quantitative estimate of drug-likeness (QED) is 0.741. The van der Waals surface area contributed by atoms with Gasteiger partial charge in [0, 0.05) is 42.7 Å². The van der Waals surface area contributed by atoms with Crippen LogP contribution in [-0.4, -0.2) is 14.3 Å². The van der Waals surface area contributed by atoms with Gasteiger partial charge in [0.05, 0.1) is 6.20 Å².